The Morgan fingerprint density at radius 1 is 1.04 bits per heavy atom. The van der Waals surface area contributed by atoms with Crippen molar-refractivity contribution in [1.29, 1.82) is 0 Å². The maximum atomic E-state index is 13.3. The van der Waals surface area contributed by atoms with Crippen molar-refractivity contribution >= 4 is 23.5 Å². The predicted molar refractivity (Wildman–Crippen MR) is 86.3 cm³/mol. The molecule has 0 aromatic carbocycles. The van der Waals surface area contributed by atoms with Gasteiger partial charge in [-0.3, -0.25) is 0 Å². The van der Waals surface area contributed by atoms with Gasteiger partial charge in [-0.15, -0.1) is 0 Å². The van der Waals surface area contributed by atoms with Crippen LogP contribution in [0.4, 0.5) is 38.2 Å². The maximum Gasteiger partial charge on any atom is 0.408 e. The fourth-order valence-electron chi connectivity index (χ4n) is 1.45. The van der Waals surface area contributed by atoms with Gasteiger partial charge in [0.25, 0.3) is 0 Å². The van der Waals surface area contributed by atoms with Crippen LogP contribution in [0.1, 0.15) is 23.4 Å². The average molecular weight is 422 g/mol. The Morgan fingerprint density at radius 2 is 1.67 bits per heavy atom. The standard InChI is InChI=1S/C14H13ClF6N6/c1-6(13(16,17)18)22-11-25-10(8-4-3-5-9(15)24-8)26-12(27-11)23-7(2)14(19,20)21/h3-7H,1-2H3,(H2,22,23,25,26,27)/t6-,7-/m1/s1/i1D3,3D,4D,5D,7D. The first-order valence-corrected chi connectivity index (χ1v) is 7.11. The van der Waals surface area contributed by atoms with E-state index in [1.165, 1.54) is 10.6 Å². The molecule has 0 aliphatic rings. The van der Waals surface area contributed by atoms with Gasteiger partial charge in [-0.2, -0.15) is 41.3 Å². The third-order valence-electron chi connectivity index (χ3n) is 2.73. The summed E-state index contributed by atoms with van der Waals surface area (Å²) in [5, 5.41) is 2.33. The van der Waals surface area contributed by atoms with Gasteiger partial charge in [0.2, 0.25) is 11.9 Å². The highest BCUT2D eigenvalue weighted by Crippen LogP contribution is 2.26. The third kappa shape index (κ3) is 5.81. The van der Waals surface area contributed by atoms with Crippen LogP contribution in [0.5, 0.6) is 0 Å². The van der Waals surface area contributed by atoms with E-state index in [0.717, 1.165) is 0 Å². The van der Waals surface area contributed by atoms with Crippen LogP contribution < -0.4 is 10.6 Å². The monoisotopic (exact) mass is 421 g/mol. The molecule has 6 nitrogen and oxygen atoms in total. The maximum absolute atomic E-state index is 13.3. The Kier molecular flexibility index (Phi) is 3.69. The molecule has 148 valence electrons. The van der Waals surface area contributed by atoms with Crippen LogP contribution in [0.25, 0.3) is 11.5 Å². The molecule has 2 rings (SSSR count). The fourth-order valence-corrected chi connectivity index (χ4v) is 1.59. The first kappa shape index (κ1) is 12.9. The first-order chi connectivity index (χ1) is 15.1. The number of halogens is 7. The van der Waals surface area contributed by atoms with Crippen molar-refractivity contribution < 1.29 is 35.9 Å². The summed E-state index contributed by atoms with van der Waals surface area (Å²) >= 11 is 5.68. The van der Waals surface area contributed by atoms with E-state index < -0.39 is 78.0 Å². The predicted octanol–water partition coefficient (Wildman–Crippen LogP) is 4.31. The van der Waals surface area contributed by atoms with Crippen molar-refractivity contribution in [2.75, 3.05) is 10.6 Å². The molecule has 0 aliphatic carbocycles. The van der Waals surface area contributed by atoms with Gasteiger partial charge >= 0.3 is 12.4 Å². The molecular weight excluding hydrogens is 402 g/mol. The van der Waals surface area contributed by atoms with E-state index in [9.17, 15) is 26.3 Å². The minimum Gasteiger partial charge on any atom is -0.343 e. The van der Waals surface area contributed by atoms with Crippen molar-refractivity contribution in [3.63, 3.8) is 0 Å². The molecule has 2 aromatic rings. The fraction of sp³-hybridized carbons (Fsp3) is 0.429. The number of nitrogens with zero attached hydrogens (tertiary/aromatic N) is 4. The number of anilines is 2. The quantitative estimate of drug-likeness (QED) is 0.553. The Balaban J connectivity index is 2.73. The number of hydrogen-bond donors (Lipinski definition) is 2. The lowest BCUT2D eigenvalue weighted by Gasteiger charge is -2.20. The van der Waals surface area contributed by atoms with E-state index in [1.54, 1.807) is 0 Å². The summed E-state index contributed by atoms with van der Waals surface area (Å²) in [5.74, 6) is -3.21. The molecule has 0 aliphatic heterocycles. The van der Waals surface area contributed by atoms with Crippen LogP contribution in [0.15, 0.2) is 18.1 Å². The molecule has 0 saturated carbocycles. The second-order valence-corrected chi connectivity index (χ2v) is 5.16. The molecule has 0 amide bonds. The molecule has 0 bridgehead atoms. The van der Waals surface area contributed by atoms with E-state index in [2.05, 4.69) is 19.9 Å². The summed E-state index contributed by atoms with van der Waals surface area (Å²) in [6.07, 6.45) is -10.6. The smallest absolute Gasteiger partial charge is 0.343 e. The third-order valence-corrected chi connectivity index (χ3v) is 2.91. The zero-order valence-corrected chi connectivity index (χ0v) is 13.8. The lowest BCUT2D eigenvalue weighted by Crippen LogP contribution is -2.35. The summed E-state index contributed by atoms with van der Waals surface area (Å²) in [4.78, 5) is 13.9. The molecule has 2 aromatic heterocycles. The van der Waals surface area contributed by atoms with E-state index in [-0.39, 0.29) is 0 Å². The molecule has 2 atom stereocenters. The molecule has 2 heterocycles. The Morgan fingerprint density at radius 3 is 2.22 bits per heavy atom. The molecule has 0 spiro atoms. The molecule has 0 fully saturated rings. The van der Waals surface area contributed by atoms with Gasteiger partial charge < -0.3 is 10.6 Å². The molecule has 0 saturated heterocycles. The lowest BCUT2D eigenvalue weighted by molar-refractivity contribution is -0.139. The number of nitrogens with one attached hydrogen (secondary N) is 2. The van der Waals surface area contributed by atoms with Crippen molar-refractivity contribution in [3.8, 4) is 11.5 Å². The molecule has 2 N–H and O–H groups in total. The van der Waals surface area contributed by atoms with E-state index in [1.807, 2.05) is 0 Å². The van der Waals surface area contributed by atoms with Crippen molar-refractivity contribution in [2.24, 2.45) is 0 Å². The zero-order valence-electron chi connectivity index (χ0n) is 20.0. The summed E-state index contributed by atoms with van der Waals surface area (Å²) in [5.41, 5.74) is -0.726. The van der Waals surface area contributed by atoms with E-state index in [4.69, 9.17) is 21.2 Å². The van der Waals surface area contributed by atoms with Crippen LogP contribution in [-0.2, 0) is 0 Å². The highest BCUT2D eigenvalue weighted by Gasteiger charge is 2.38. The molecule has 0 radical (unpaired) electrons. The molecule has 13 heteroatoms. The minimum atomic E-state index is -5.38. The summed E-state index contributed by atoms with van der Waals surface area (Å²) < 4.78 is 131. The second-order valence-electron chi connectivity index (χ2n) is 4.80. The Bertz CT molecular complexity index is 1060. The number of hydrogen-bond acceptors (Lipinski definition) is 6. The molecule has 0 unspecified atom stereocenters. The topological polar surface area (TPSA) is 75.6 Å². The van der Waals surface area contributed by atoms with Crippen LogP contribution in [0.3, 0.4) is 0 Å². The molecule has 27 heavy (non-hydrogen) atoms. The van der Waals surface area contributed by atoms with Gasteiger partial charge in [0.1, 0.15) is 22.9 Å². The van der Waals surface area contributed by atoms with Crippen molar-refractivity contribution in [2.45, 2.75) is 38.2 Å². The summed E-state index contributed by atoms with van der Waals surface area (Å²) in [6, 6.07) is -9.09. The van der Waals surface area contributed by atoms with Crippen LogP contribution >= 0.6 is 11.6 Å². The van der Waals surface area contributed by atoms with Gasteiger partial charge in [0.05, 0.1) is 5.48 Å². The van der Waals surface area contributed by atoms with E-state index >= 15 is 0 Å². The normalized spacial score (nSPS) is 19.9. The average Bonchev–Trinajstić information content (AvgIpc) is 2.64. The minimum absolute atomic E-state index is 0.340. The van der Waals surface area contributed by atoms with Crippen LogP contribution in [-0.4, -0.2) is 44.3 Å². The Hall–Kier alpha value is -2.37. The number of pyridine rings is 1. The number of alkyl halides is 6. The Labute approximate surface area is 164 Å². The number of rotatable bonds is 5. The molecular formula is C14H13ClF6N6. The van der Waals surface area contributed by atoms with Gasteiger partial charge in [0.15, 0.2) is 5.82 Å². The van der Waals surface area contributed by atoms with E-state index in [0.29, 0.717) is 6.92 Å². The van der Waals surface area contributed by atoms with Crippen LogP contribution in [0, 0.1) is 0 Å². The lowest BCUT2D eigenvalue weighted by atomic mass is 10.3. The summed E-state index contributed by atoms with van der Waals surface area (Å²) in [6.45, 7) is -3.36. The van der Waals surface area contributed by atoms with Crippen LogP contribution in [0.2, 0.25) is 5.15 Å². The summed E-state index contributed by atoms with van der Waals surface area (Å²) in [7, 11) is 0. The number of aromatic nitrogens is 4. The van der Waals surface area contributed by atoms with Gasteiger partial charge in [-0.1, -0.05) is 17.6 Å². The first-order valence-electron chi connectivity index (χ1n) is 10.2. The van der Waals surface area contributed by atoms with Crippen molar-refractivity contribution in [3.05, 3.63) is 23.3 Å². The SMILES string of the molecule is [2H]c1c(Cl)nc(-c2nc(N[C@H](C([2H])([2H])[2H])C(F)(F)F)nc(N[C@]([2H])(C)C(F)(F)F)n2)c([2H])c1[2H]. The second kappa shape index (κ2) is 7.71. The highest BCUT2D eigenvalue weighted by atomic mass is 35.5. The zero-order chi connectivity index (χ0) is 26.4. The van der Waals surface area contributed by atoms with Gasteiger partial charge in [0, 0.05) is 4.11 Å². The van der Waals surface area contributed by atoms with Gasteiger partial charge in [-0.25, -0.2) is 4.98 Å². The highest BCUT2D eigenvalue weighted by molar-refractivity contribution is 6.29. The largest absolute Gasteiger partial charge is 0.408 e. The van der Waals surface area contributed by atoms with Crippen molar-refractivity contribution in [1.82, 2.24) is 19.9 Å². The van der Waals surface area contributed by atoms with Gasteiger partial charge in [-0.05, 0) is 25.9 Å².